The zero-order valence-corrected chi connectivity index (χ0v) is 14.0. The van der Waals surface area contributed by atoms with E-state index in [4.69, 9.17) is 4.74 Å². The Hall–Kier alpha value is -1.10. The van der Waals surface area contributed by atoms with Crippen LogP contribution in [0.3, 0.4) is 0 Å². The van der Waals surface area contributed by atoms with Crippen LogP contribution in [0.15, 0.2) is 0 Å². The second-order valence-electron chi connectivity index (χ2n) is 7.64. The van der Waals surface area contributed by atoms with Crippen LogP contribution < -0.4 is 0 Å². The predicted octanol–water partition coefficient (Wildman–Crippen LogP) is 1.37. The fourth-order valence-corrected chi connectivity index (χ4v) is 4.23. The van der Waals surface area contributed by atoms with E-state index in [0.717, 1.165) is 38.8 Å². The molecule has 5 nitrogen and oxygen atoms in total. The van der Waals surface area contributed by atoms with E-state index in [2.05, 4.69) is 6.92 Å². The number of hydrogen-bond acceptors (Lipinski definition) is 3. The Bertz CT molecular complexity index is 445. The van der Waals surface area contributed by atoms with Gasteiger partial charge in [-0.2, -0.15) is 0 Å². The molecule has 2 heterocycles. The number of rotatable bonds is 2. The average Bonchev–Trinajstić information content (AvgIpc) is 2.49. The molecule has 2 saturated heterocycles. The summed E-state index contributed by atoms with van der Waals surface area (Å²) in [6.45, 7) is 4.33. The van der Waals surface area contributed by atoms with Crippen LogP contribution in [0, 0.1) is 23.7 Å². The first kappa shape index (κ1) is 15.8. The summed E-state index contributed by atoms with van der Waals surface area (Å²) in [5.41, 5.74) is 0. The molecule has 3 atom stereocenters. The van der Waals surface area contributed by atoms with E-state index < -0.39 is 0 Å². The summed E-state index contributed by atoms with van der Waals surface area (Å²) in [4.78, 5) is 28.4. The van der Waals surface area contributed by atoms with Crippen LogP contribution in [-0.2, 0) is 14.3 Å². The molecule has 2 amide bonds. The highest BCUT2D eigenvalue weighted by atomic mass is 16.5. The lowest BCUT2D eigenvalue weighted by atomic mass is 9.74. The Kier molecular flexibility index (Phi) is 4.44. The van der Waals surface area contributed by atoms with Crippen molar-refractivity contribution >= 4 is 11.8 Å². The fourth-order valence-electron chi connectivity index (χ4n) is 4.23. The molecule has 1 saturated carbocycles. The van der Waals surface area contributed by atoms with E-state index in [1.807, 2.05) is 4.90 Å². The number of carbonyl (C=O) groups excluding carboxylic acids is 2. The summed E-state index contributed by atoms with van der Waals surface area (Å²) < 4.78 is 5.93. The van der Waals surface area contributed by atoms with Crippen LogP contribution in [0.2, 0.25) is 0 Å². The van der Waals surface area contributed by atoms with Gasteiger partial charge in [0.15, 0.2) is 0 Å². The van der Waals surface area contributed by atoms with Crippen molar-refractivity contribution in [2.75, 3.05) is 33.8 Å². The van der Waals surface area contributed by atoms with Crippen LogP contribution in [-0.4, -0.2) is 61.5 Å². The Morgan fingerprint density at radius 2 is 1.86 bits per heavy atom. The number of fused-ring (bicyclic) bond motifs is 1. The number of carbonyl (C=O) groups is 2. The molecule has 0 aromatic carbocycles. The average molecular weight is 308 g/mol. The Morgan fingerprint density at radius 1 is 1.14 bits per heavy atom. The zero-order valence-electron chi connectivity index (χ0n) is 14.0. The maximum atomic E-state index is 12.5. The van der Waals surface area contributed by atoms with Gasteiger partial charge in [0, 0.05) is 39.0 Å². The number of hydrogen-bond donors (Lipinski definition) is 0. The number of amides is 2. The molecule has 1 aliphatic carbocycles. The van der Waals surface area contributed by atoms with Gasteiger partial charge in [0.25, 0.3) is 0 Å². The third kappa shape index (κ3) is 3.00. The van der Waals surface area contributed by atoms with Gasteiger partial charge in [-0.05, 0) is 31.6 Å². The standard InChI is InChI=1S/C17H28N2O3/c1-11-6-12(7-11)17(21)19-5-4-15-13(9-19)8-14(10-22-15)16(20)18(2)3/h11-15H,4-10H2,1-3H3/t11?,12?,13-,14-,15+/m0/s1. The van der Waals surface area contributed by atoms with Crippen molar-refractivity contribution in [3.63, 3.8) is 0 Å². The number of nitrogens with zero attached hydrogens (tertiary/aromatic N) is 2. The van der Waals surface area contributed by atoms with Crippen molar-refractivity contribution in [3.8, 4) is 0 Å². The second kappa shape index (κ2) is 6.19. The molecule has 22 heavy (non-hydrogen) atoms. The lowest BCUT2D eigenvalue weighted by Crippen LogP contribution is -2.53. The normalized spacial score (nSPS) is 38.0. The lowest BCUT2D eigenvalue weighted by molar-refractivity contribution is -0.154. The minimum absolute atomic E-state index is 0.0463. The number of piperidine rings is 1. The predicted molar refractivity (Wildman–Crippen MR) is 83.1 cm³/mol. The summed E-state index contributed by atoms with van der Waals surface area (Å²) in [6, 6.07) is 0. The molecule has 0 N–H and O–H groups in total. The van der Waals surface area contributed by atoms with Gasteiger partial charge in [0.1, 0.15) is 0 Å². The summed E-state index contributed by atoms with van der Waals surface area (Å²) in [5, 5.41) is 0. The van der Waals surface area contributed by atoms with Crippen molar-refractivity contribution in [2.24, 2.45) is 23.7 Å². The maximum absolute atomic E-state index is 12.5. The molecule has 124 valence electrons. The van der Waals surface area contributed by atoms with Crippen LogP contribution in [0.5, 0.6) is 0 Å². The summed E-state index contributed by atoms with van der Waals surface area (Å²) in [5.74, 6) is 1.70. The Morgan fingerprint density at radius 3 is 2.50 bits per heavy atom. The minimum Gasteiger partial charge on any atom is -0.377 e. The van der Waals surface area contributed by atoms with Gasteiger partial charge in [-0.15, -0.1) is 0 Å². The lowest BCUT2D eigenvalue weighted by Gasteiger charge is -2.45. The van der Waals surface area contributed by atoms with E-state index in [1.54, 1.807) is 19.0 Å². The highest BCUT2D eigenvalue weighted by Crippen LogP contribution is 2.37. The van der Waals surface area contributed by atoms with Gasteiger partial charge in [-0.1, -0.05) is 6.92 Å². The molecule has 0 aromatic rings. The highest BCUT2D eigenvalue weighted by molar-refractivity contribution is 5.80. The quantitative estimate of drug-likeness (QED) is 0.774. The largest absolute Gasteiger partial charge is 0.377 e. The molecular formula is C17H28N2O3. The first-order valence-electron chi connectivity index (χ1n) is 8.57. The van der Waals surface area contributed by atoms with Crippen LogP contribution in [0.1, 0.15) is 32.6 Å². The molecule has 2 aliphatic heterocycles. The van der Waals surface area contributed by atoms with Crippen LogP contribution >= 0.6 is 0 Å². The number of ether oxygens (including phenoxy) is 1. The maximum Gasteiger partial charge on any atom is 0.227 e. The van der Waals surface area contributed by atoms with E-state index in [0.29, 0.717) is 24.3 Å². The van der Waals surface area contributed by atoms with Crippen molar-refractivity contribution in [1.82, 2.24) is 9.80 Å². The van der Waals surface area contributed by atoms with Crippen LogP contribution in [0.4, 0.5) is 0 Å². The van der Waals surface area contributed by atoms with Gasteiger partial charge >= 0.3 is 0 Å². The van der Waals surface area contributed by atoms with Gasteiger partial charge in [0.05, 0.1) is 18.6 Å². The molecule has 5 heteroatoms. The molecule has 0 unspecified atom stereocenters. The summed E-state index contributed by atoms with van der Waals surface area (Å²) >= 11 is 0. The third-order valence-electron chi connectivity index (χ3n) is 5.59. The van der Waals surface area contributed by atoms with Crippen molar-refractivity contribution in [2.45, 2.75) is 38.7 Å². The smallest absolute Gasteiger partial charge is 0.227 e. The van der Waals surface area contributed by atoms with E-state index in [1.165, 1.54) is 0 Å². The fraction of sp³-hybridized carbons (Fsp3) is 0.882. The molecule has 0 spiro atoms. The molecule has 0 radical (unpaired) electrons. The molecule has 3 fully saturated rings. The molecule has 3 aliphatic rings. The van der Waals surface area contributed by atoms with Gasteiger partial charge in [-0.25, -0.2) is 0 Å². The molecule has 3 rings (SSSR count). The second-order valence-corrected chi connectivity index (χ2v) is 7.64. The minimum atomic E-state index is -0.0463. The summed E-state index contributed by atoms with van der Waals surface area (Å²) in [6.07, 6.45) is 4.09. The molecule has 0 aromatic heterocycles. The topological polar surface area (TPSA) is 49.9 Å². The van der Waals surface area contributed by atoms with Gasteiger partial charge < -0.3 is 14.5 Å². The monoisotopic (exact) mass is 308 g/mol. The molecular weight excluding hydrogens is 280 g/mol. The highest BCUT2D eigenvalue weighted by Gasteiger charge is 2.42. The van der Waals surface area contributed by atoms with E-state index >= 15 is 0 Å². The molecule has 0 bridgehead atoms. The van der Waals surface area contributed by atoms with Gasteiger partial charge in [0.2, 0.25) is 11.8 Å². The van der Waals surface area contributed by atoms with E-state index in [-0.39, 0.29) is 23.8 Å². The van der Waals surface area contributed by atoms with Crippen molar-refractivity contribution < 1.29 is 14.3 Å². The van der Waals surface area contributed by atoms with E-state index in [9.17, 15) is 9.59 Å². The first-order valence-corrected chi connectivity index (χ1v) is 8.57. The summed E-state index contributed by atoms with van der Waals surface area (Å²) in [7, 11) is 3.59. The van der Waals surface area contributed by atoms with Crippen molar-refractivity contribution in [3.05, 3.63) is 0 Å². The zero-order chi connectivity index (χ0) is 15.9. The third-order valence-corrected chi connectivity index (χ3v) is 5.59. The van der Waals surface area contributed by atoms with Crippen molar-refractivity contribution in [1.29, 1.82) is 0 Å². The number of likely N-dealkylation sites (tertiary alicyclic amines) is 1. The first-order chi connectivity index (χ1) is 10.5. The Balaban J connectivity index is 1.58. The van der Waals surface area contributed by atoms with Crippen LogP contribution in [0.25, 0.3) is 0 Å². The Labute approximate surface area is 133 Å². The van der Waals surface area contributed by atoms with Gasteiger partial charge in [-0.3, -0.25) is 9.59 Å². The SMILES string of the molecule is CC1CC(C(=O)N2CC[C@H]3OC[C@@H](C(=O)N(C)C)C[C@H]3C2)C1.